The highest BCUT2D eigenvalue weighted by Gasteiger charge is 2.51. The van der Waals surface area contributed by atoms with Gasteiger partial charge in [0, 0.05) is 32.9 Å². The molecule has 0 aliphatic carbocycles. The van der Waals surface area contributed by atoms with E-state index in [-0.39, 0.29) is 0 Å². The molecule has 2 aromatic heterocycles. The molecule has 256 valence electrons. The van der Waals surface area contributed by atoms with Crippen LogP contribution in [0.2, 0.25) is 0 Å². The lowest BCUT2D eigenvalue weighted by molar-refractivity contribution is 0.00578. The minimum absolute atomic E-state index is 0.483. The van der Waals surface area contributed by atoms with Gasteiger partial charge in [0.1, 0.15) is 0 Å². The summed E-state index contributed by atoms with van der Waals surface area (Å²) in [7, 11) is -0.548. The molecule has 0 amide bonds. The lowest BCUT2D eigenvalue weighted by Crippen LogP contribution is -2.41. The Morgan fingerprint density at radius 2 is 0.868 bits per heavy atom. The van der Waals surface area contributed by atoms with Crippen LogP contribution >= 0.6 is 0 Å². The summed E-state index contributed by atoms with van der Waals surface area (Å²) in [6.07, 6.45) is 0. The van der Waals surface area contributed by atoms with Gasteiger partial charge in [0.15, 0.2) is 0 Å². The number of benzene rings is 7. The van der Waals surface area contributed by atoms with Crippen molar-refractivity contribution in [2.24, 2.45) is 0 Å². The number of rotatable bonds is 5. The van der Waals surface area contributed by atoms with E-state index in [0.717, 1.165) is 82.7 Å². The Labute approximate surface area is 312 Å². The molecule has 5 heteroatoms. The molecule has 1 aliphatic heterocycles. The van der Waals surface area contributed by atoms with Crippen molar-refractivity contribution in [2.75, 3.05) is 0 Å². The van der Waals surface area contributed by atoms with Crippen LogP contribution in [0.1, 0.15) is 30.4 Å². The molecule has 0 N–H and O–H groups in total. The molecule has 9 aromatic rings. The van der Waals surface area contributed by atoms with Gasteiger partial charge in [-0.15, -0.1) is 0 Å². The van der Waals surface area contributed by atoms with E-state index in [2.05, 4.69) is 152 Å². The van der Waals surface area contributed by atoms with Gasteiger partial charge in [0.05, 0.1) is 36.0 Å². The highest BCUT2D eigenvalue weighted by molar-refractivity contribution is 6.62. The summed E-state index contributed by atoms with van der Waals surface area (Å²) in [6, 6.07) is 53.5. The molecule has 1 aliphatic rings. The third kappa shape index (κ3) is 5.07. The molecule has 1 fully saturated rings. The summed E-state index contributed by atoms with van der Waals surface area (Å²) in [6.45, 7) is 8.36. The third-order valence-electron chi connectivity index (χ3n) is 11.4. The van der Waals surface area contributed by atoms with E-state index >= 15 is 0 Å². The molecule has 0 atom stereocenters. The highest BCUT2D eigenvalue weighted by Crippen LogP contribution is 2.40. The van der Waals surface area contributed by atoms with Crippen molar-refractivity contribution in [3.63, 3.8) is 0 Å². The molecule has 1 saturated heterocycles. The Hall–Kier alpha value is -5.88. The minimum atomic E-state index is -0.548. The first-order chi connectivity index (χ1) is 26.5. The van der Waals surface area contributed by atoms with Crippen molar-refractivity contribution in [1.29, 1.82) is 0 Å². The predicted octanol–water partition coefficient (Wildman–Crippen LogP) is 11.5. The maximum Gasteiger partial charge on any atom is 0.494 e. The fourth-order valence-corrected chi connectivity index (χ4v) is 7.99. The fraction of sp³-hybridized carbons (Fsp3) is 0.125. The second-order valence-corrected chi connectivity index (χ2v) is 15.1. The molecule has 0 spiro atoms. The number of fused-ring (bicyclic) bond motifs is 6. The molecule has 4 nitrogen and oxygen atoms in total. The Morgan fingerprint density at radius 3 is 1.32 bits per heavy atom. The van der Waals surface area contributed by atoms with Gasteiger partial charge in [-0.1, -0.05) is 97.0 Å². The average Bonchev–Trinajstić information content (AvgIpc) is 3.77. The number of aromatic nitrogens is 2. The maximum atomic E-state index is 8.52. The van der Waals surface area contributed by atoms with Gasteiger partial charge in [-0.3, -0.25) is 0 Å². The maximum absolute atomic E-state index is 8.52. The van der Waals surface area contributed by atoms with Gasteiger partial charge in [0.2, 0.25) is 0 Å². The molecule has 53 heavy (non-hydrogen) atoms. The Bertz CT molecular complexity index is 2770. The zero-order valence-corrected chi connectivity index (χ0v) is 30.2. The second kappa shape index (κ2) is 11.8. The topological polar surface area (TPSA) is 28.3 Å². The Balaban J connectivity index is 1.19. The van der Waals surface area contributed by atoms with Crippen LogP contribution in [-0.4, -0.2) is 27.5 Å². The van der Waals surface area contributed by atoms with Crippen molar-refractivity contribution in [1.82, 2.24) is 9.13 Å². The smallest absolute Gasteiger partial charge is 0.399 e. The van der Waals surface area contributed by atoms with Crippen LogP contribution in [0.4, 0.5) is 0 Å². The van der Waals surface area contributed by atoms with Gasteiger partial charge < -0.3 is 18.4 Å². The van der Waals surface area contributed by atoms with Crippen molar-refractivity contribution in [2.45, 2.75) is 38.9 Å². The average molecular weight is 689 g/mol. The van der Waals surface area contributed by atoms with E-state index in [9.17, 15) is 0 Å². The van der Waals surface area contributed by atoms with Crippen LogP contribution in [-0.2, 0) is 9.31 Å². The first kappa shape index (κ1) is 29.7. The molecule has 7 aromatic carbocycles. The summed E-state index contributed by atoms with van der Waals surface area (Å²) in [5.74, 6) is 0. The largest absolute Gasteiger partial charge is 0.494 e. The summed E-state index contributed by atoms with van der Waals surface area (Å²) < 4.78 is 34.9. The number of nitrogens with zero attached hydrogens (tertiary/aromatic N) is 2. The standard InChI is InChI=1S/C48H39BN2O2/c1-47(2)48(3,4)53-49(52-47)36-28-34(32-23-25-45-41(30-32)39-19-11-13-21-43(39)50(45)37-15-7-5-8-16-37)27-35(29-36)33-24-26-46-42(31-33)40-20-12-14-22-44(40)51(46)38-17-9-6-10-18-38/h5-31H,1-4H3/i11D,12D. The van der Waals surface area contributed by atoms with Gasteiger partial charge in [-0.2, -0.15) is 0 Å². The minimum Gasteiger partial charge on any atom is -0.399 e. The van der Waals surface area contributed by atoms with E-state index in [4.69, 9.17) is 12.1 Å². The second-order valence-electron chi connectivity index (χ2n) is 15.1. The summed E-state index contributed by atoms with van der Waals surface area (Å²) >= 11 is 0. The molecular weight excluding hydrogens is 647 g/mol. The van der Waals surface area contributed by atoms with Crippen LogP contribution in [0.25, 0.3) is 77.2 Å². The molecule has 0 radical (unpaired) electrons. The van der Waals surface area contributed by atoms with Gasteiger partial charge in [0.25, 0.3) is 0 Å². The Morgan fingerprint density at radius 1 is 0.434 bits per heavy atom. The van der Waals surface area contributed by atoms with Crippen molar-refractivity contribution in [3.8, 4) is 33.6 Å². The summed E-state index contributed by atoms with van der Waals surface area (Å²) in [5, 5.41) is 4.28. The lowest BCUT2D eigenvalue weighted by Gasteiger charge is -2.32. The molecule has 3 heterocycles. The van der Waals surface area contributed by atoms with Gasteiger partial charge >= 0.3 is 7.12 Å². The van der Waals surface area contributed by atoms with Crippen molar-refractivity contribution in [3.05, 3.63) is 164 Å². The lowest BCUT2D eigenvalue weighted by atomic mass is 9.76. The SMILES string of the molecule is [2H]c1ccc2c(c1)c1cc(-c3cc(B4OC(C)(C)C(C)(C)O4)cc(-c4ccc5c(c4)c4cc([2H])ccc4n5-c4ccccc4)c3)ccc1n2-c1ccccc1. The van der Waals surface area contributed by atoms with E-state index in [1.54, 1.807) is 0 Å². The monoisotopic (exact) mass is 688 g/mol. The first-order valence-corrected chi connectivity index (χ1v) is 18.3. The highest BCUT2D eigenvalue weighted by atomic mass is 16.7. The predicted molar refractivity (Wildman–Crippen MR) is 222 cm³/mol. The van der Waals surface area contributed by atoms with E-state index in [1.165, 1.54) is 0 Å². The molecule has 0 saturated carbocycles. The zero-order valence-electron chi connectivity index (χ0n) is 32.2. The van der Waals surface area contributed by atoms with Crippen molar-refractivity contribution >= 4 is 56.2 Å². The van der Waals surface area contributed by atoms with Crippen LogP contribution in [0, 0.1) is 0 Å². The number of hydrogen-bond acceptors (Lipinski definition) is 2. The molecule has 10 rings (SSSR count). The van der Waals surface area contributed by atoms with E-state index in [1.807, 2.05) is 36.4 Å². The summed E-state index contributed by atoms with van der Waals surface area (Å²) in [5.41, 5.74) is 10.7. The third-order valence-corrected chi connectivity index (χ3v) is 11.4. The van der Waals surface area contributed by atoms with Gasteiger partial charge in [-0.25, -0.2) is 0 Å². The van der Waals surface area contributed by atoms with Crippen LogP contribution in [0.3, 0.4) is 0 Å². The summed E-state index contributed by atoms with van der Waals surface area (Å²) in [4.78, 5) is 0. The number of hydrogen-bond donors (Lipinski definition) is 0. The van der Waals surface area contributed by atoms with E-state index in [0.29, 0.717) is 12.1 Å². The molecule has 0 bridgehead atoms. The van der Waals surface area contributed by atoms with Gasteiger partial charge in [-0.05, 0) is 122 Å². The normalized spacial score (nSPS) is 15.8. The number of para-hydroxylation sites is 4. The fourth-order valence-electron chi connectivity index (χ4n) is 7.99. The van der Waals surface area contributed by atoms with Crippen LogP contribution < -0.4 is 5.46 Å². The molecular formula is C48H39BN2O2. The quantitative estimate of drug-likeness (QED) is 0.168. The Kier molecular flexibility index (Phi) is 6.62. The first-order valence-electron chi connectivity index (χ1n) is 19.3. The van der Waals surface area contributed by atoms with Crippen LogP contribution in [0.15, 0.2) is 164 Å². The molecule has 0 unspecified atom stereocenters. The zero-order chi connectivity index (χ0) is 37.6. The van der Waals surface area contributed by atoms with Crippen LogP contribution in [0.5, 0.6) is 0 Å². The van der Waals surface area contributed by atoms with Crippen molar-refractivity contribution < 1.29 is 12.1 Å². The van der Waals surface area contributed by atoms with E-state index < -0.39 is 18.3 Å².